The van der Waals surface area contributed by atoms with Gasteiger partial charge in [-0.25, -0.2) is 34.7 Å². The highest BCUT2D eigenvalue weighted by Crippen LogP contribution is 2.28. The molecule has 2 aliphatic rings. The summed E-state index contributed by atoms with van der Waals surface area (Å²) in [6.45, 7) is 5.00. The topological polar surface area (TPSA) is 107 Å². The van der Waals surface area contributed by atoms with Crippen LogP contribution in [-0.4, -0.2) is 89.3 Å². The lowest BCUT2D eigenvalue weighted by Gasteiger charge is -2.39. The Balaban J connectivity index is 1.49. The maximum atomic E-state index is 14.2. The molecule has 0 radical (unpaired) electrons. The lowest BCUT2D eigenvalue weighted by Crippen LogP contribution is -2.55. The van der Waals surface area contributed by atoms with E-state index in [0.29, 0.717) is 56.3 Å². The molecule has 2 fully saturated rings. The van der Waals surface area contributed by atoms with Gasteiger partial charge in [-0.15, -0.1) is 0 Å². The number of carbonyl (C=O) groups excluding carboxylic acids is 2. The lowest BCUT2D eigenvalue weighted by atomic mass is 10.1. The number of ether oxygens (including phenoxy) is 1. The summed E-state index contributed by atoms with van der Waals surface area (Å²) >= 11 is 0. The van der Waals surface area contributed by atoms with Crippen LogP contribution in [0.5, 0.6) is 0 Å². The summed E-state index contributed by atoms with van der Waals surface area (Å²) in [6, 6.07) is 16.1. The molecule has 11 nitrogen and oxygen atoms in total. The van der Waals surface area contributed by atoms with Crippen molar-refractivity contribution in [2.45, 2.75) is 0 Å². The van der Waals surface area contributed by atoms with Gasteiger partial charge in [0.1, 0.15) is 12.7 Å². The van der Waals surface area contributed by atoms with Crippen molar-refractivity contribution in [2.75, 3.05) is 62.4 Å². The Labute approximate surface area is 209 Å². The van der Waals surface area contributed by atoms with E-state index >= 15 is 0 Å². The predicted molar refractivity (Wildman–Crippen MR) is 134 cm³/mol. The SMILES string of the molecule is O=C(c1ccc(N(C(=O)N(c2ccccc2)c2ncncn2)N2CCOCC2)cc1)N1CCNCC1. The first-order valence-corrected chi connectivity index (χ1v) is 12.0. The van der Waals surface area contributed by atoms with Gasteiger partial charge in [0.25, 0.3) is 5.91 Å². The minimum Gasteiger partial charge on any atom is -0.379 e. The van der Waals surface area contributed by atoms with Crippen molar-refractivity contribution < 1.29 is 14.3 Å². The quantitative estimate of drug-likeness (QED) is 0.581. The van der Waals surface area contributed by atoms with Gasteiger partial charge in [-0.05, 0) is 36.4 Å². The van der Waals surface area contributed by atoms with Crippen LogP contribution in [0.2, 0.25) is 0 Å². The van der Waals surface area contributed by atoms with Crippen molar-refractivity contribution in [3.63, 3.8) is 0 Å². The van der Waals surface area contributed by atoms with Crippen LogP contribution in [0.25, 0.3) is 0 Å². The normalized spacial score (nSPS) is 16.4. The molecule has 5 rings (SSSR count). The van der Waals surface area contributed by atoms with Crippen LogP contribution in [-0.2, 0) is 4.74 Å². The molecule has 0 saturated carbocycles. The maximum absolute atomic E-state index is 14.2. The van der Waals surface area contributed by atoms with E-state index < -0.39 is 0 Å². The van der Waals surface area contributed by atoms with E-state index in [-0.39, 0.29) is 17.9 Å². The Morgan fingerprint density at radius 1 is 0.833 bits per heavy atom. The van der Waals surface area contributed by atoms with Crippen LogP contribution < -0.4 is 15.2 Å². The van der Waals surface area contributed by atoms with E-state index in [1.54, 1.807) is 29.3 Å². The highest BCUT2D eigenvalue weighted by molar-refractivity contribution is 6.07. The summed E-state index contributed by atoms with van der Waals surface area (Å²) < 4.78 is 5.53. The van der Waals surface area contributed by atoms with Gasteiger partial charge in [0.15, 0.2) is 0 Å². The predicted octanol–water partition coefficient (Wildman–Crippen LogP) is 1.93. The van der Waals surface area contributed by atoms with E-state index in [1.165, 1.54) is 17.6 Å². The molecule has 2 aliphatic heterocycles. The Kier molecular flexibility index (Phi) is 7.41. The first-order chi connectivity index (χ1) is 17.7. The number of para-hydroxylation sites is 1. The number of hydrogen-bond acceptors (Lipinski definition) is 8. The molecule has 1 aromatic heterocycles. The van der Waals surface area contributed by atoms with Gasteiger partial charge in [-0.3, -0.25) is 4.79 Å². The number of carbonyl (C=O) groups is 2. The van der Waals surface area contributed by atoms with Gasteiger partial charge in [0, 0.05) is 44.8 Å². The number of hydrogen-bond donors (Lipinski definition) is 1. The molecule has 0 unspecified atom stereocenters. The Bertz CT molecular complexity index is 1110. The smallest absolute Gasteiger partial charge is 0.350 e. The fourth-order valence-corrected chi connectivity index (χ4v) is 4.28. The number of morpholine rings is 1. The first-order valence-electron chi connectivity index (χ1n) is 12.0. The van der Waals surface area contributed by atoms with E-state index in [0.717, 1.165) is 13.1 Å². The van der Waals surface area contributed by atoms with Gasteiger partial charge in [-0.1, -0.05) is 18.2 Å². The third kappa shape index (κ3) is 5.18. The zero-order valence-corrected chi connectivity index (χ0v) is 19.9. The van der Waals surface area contributed by atoms with Crippen LogP contribution in [0.3, 0.4) is 0 Å². The zero-order valence-electron chi connectivity index (χ0n) is 19.9. The molecule has 0 bridgehead atoms. The number of amides is 3. The molecule has 3 aromatic rings. The molecule has 186 valence electrons. The second kappa shape index (κ2) is 11.2. The van der Waals surface area contributed by atoms with E-state index in [1.807, 2.05) is 40.2 Å². The number of urea groups is 1. The second-order valence-corrected chi connectivity index (χ2v) is 8.36. The van der Waals surface area contributed by atoms with Crippen molar-refractivity contribution in [3.05, 3.63) is 72.8 Å². The lowest BCUT2D eigenvalue weighted by molar-refractivity contribution is 0.0364. The average molecular weight is 489 g/mol. The molecular weight excluding hydrogens is 460 g/mol. The zero-order chi connectivity index (χ0) is 24.7. The standard InChI is InChI=1S/C25H28N8O3/c34-23(30-12-10-26-11-13-30)20-6-8-22(9-7-20)33(31-14-16-36-17-15-31)25(35)32(21-4-2-1-3-5-21)24-28-18-27-19-29-24/h1-9,18-19,26H,10-17H2. The van der Waals surface area contributed by atoms with Crippen molar-refractivity contribution >= 4 is 29.3 Å². The Morgan fingerprint density at radius 2 is 1.50 bits per heavy atom. The van der Waals surface area contributed by atoms with Crippen LogP contribution in [0.15, 0.2) is 67.3 Å². The van der Waals surface area contributed by atoms with Crippen molar-refractivity contribution in [3.8, 4) is 0 Å². The molecule has 3 amide bonds. The van der Waals surface area contributed by atoms with Crippen LogP contribution in [0.1, 0.15) is 10.4 Å². The molecular formula is C25H28N8O3. The number of anilines is 3. The minimum absolute atomic E-state index is 0.0107. The fourth-order valence-electron chi connectivity index (χ4n) is 4.28. The van der Waals surface area contributed by atoms with Crippen molar-refractivity contribution in [1.29, 1.82) is 0 Å². The van der Waals surface area contributed by atoms with Crippen molar-refractivity contribution in [2.24, 2.45) is 0 Å². The number of aromatic nitrogens is 3. The van der Waals surface area contributed by atoms with Gasteiger partial charge in [0.05, 0.1) is 24.6 Å². The molecule has 0 aliphatic carbocycles. The third-order valence-electron chi connectivity index (χ3n) is 6.10. The van der Waals surface area contributed by atoms with E-state index in [9.17, 15) is 9.59 Å². The molecule has 11 heteroatoms. The number of rotatable bonds is 5. The van der Waals surface area contributed by atoms with Crippen LogP contribution in [0, 0.1) is 0 Å². The summed E-state index contributed by atoms with van der Waals surface area (Å²) in [7, 11) is 0. The highest BCUT2D eigenvalue weighted by atomic mass is 16.5. The summed E-state index contributed by atoms with van der Waals surface area (Å²) in [5, 5.41) is 6.81. The van der Waals surface area contributed by atoms with Gasteiger partial charge in [-0.2, -0.15) is 0 Å². The Morgan fingerprint density at radius 3 is 2.17 bits per heavy atom. The van der Waals surface area contributed by atoms with Crippen molar-refractivity contribution in [1.82, 2.24) is 30.2 Å². The molecule has 36 heavy (non-hydrogen) atoms. The maximum Gasteiger partial charge on any atom is 0.350 e. The third-order valence-corrected chi connectivity index (χ3v) is 6.10. The molecule has 2 saturated heterocycles. The first kappa shape index (κ1) is 23.8. The largest absolute Gasteiger partial charge is 0.379 e. The number of benzene rings is 2. The van der Waals surface area contributed by atoms with Crippen LogP contribution in [0.4, 0.5) is 22.1 Å². The molecule has 3 heterocycles. The second-order valence-electron chi connectivity index (χ2n) is 8.36. The summed E-state index contributed by atoms with van der Waals surface area (Å²) in [5.41, 5.74) is 1.85. The number of nitrogens with zero attached hydrogens (tertiary/aromatic N) is 7. The van der Waals surface area contributed by atoms with E-state index in [2.05, 4.69) is 20.3 Å². The number of hydrazine groups is 1. The van der Waals surface area contributed by atoms with Gasteiger partial charge in [0.2, 0.25) is 5.95 Å². The van der Waals surface area contributed by atoms with Gasteiger partial charge >= 0.3 is 6.03 Å². The summed E-state index contributed by atoms with van der Waals surface area (Å²) in [5.74, 6) is 0.202. The molecule has 1 N–H and O–H groups in total. The molecule has 0 spiro atoms. The molecule has 2 aromatic carbocycles. The molecule has 0 atom stereocenters. The fraction of sp³-hybridized carbons (Fsp3) is 0.320. The minimum atomic E-state index is -0.351. The highest BCUT2D eigenvalue weighted by Gasteiger charge is 2.32. The van der Waals surface area contributed by atoms with E-state index in [4.69, 9.17) is 4.74 Å². The summed E-state index contributed by atoms with van der Waals surface area (Å²) in [6.07, 6.45) is 2.72. The number of piperazine rings is 1. The number of nitrogens with one attached hydrogen (secondary N) is 1. The average Bonchev–Trinajstić information content (AvgIpc) is 2.96. The summed E-state index contributed by atoms with van der Waals surface area (Å²) in [4.78, 5) is 42.8. The van der Waals surface area contributed by atoms with Crippen LogP contribution >= 0.6 is 0 Å². The monoisotopic (exact) mass is 488 g/mol. The van der Waals surface area contributed by atoms with Gasteiger partial charge < -0.3 is 15.0 Å². The Hall–Kier alpha value is -3.93.